The zero-order valence-electron chi connectivity index (χ0n) is 14.1. The number of urea groups is 1. The van der Waals surface area contributed by atoms with Gasteiger partial charge in [0.15, 0.2) is 0 Å². The van der Waals surface area contributed by atoms with Crippen molar-refractivity contribution >= 4 is 11.7 Å². The number of nitrogens with one attached hydrogen (secondary N) is 1. The highest BCUT2D eigenvalue weighted by molar-refractivity contribution is 5.89. The first kappa shape index (κ1) is 17.4. The Balaban J connectivity index is 1.51. The van der Waals surface area contributed by atoms with Gasteiger partial charge >= 0.3 is 6.03 Å². The predicted molar refractivity (Wildman–Crippen MR) is 95.3 cm³/mol. The summed E-state index contributed by atoms with van der Waals surface area (Å²) < 4.78 is 0. The fraction of sp³-hybridized carbons (Fsp3) is 0.368. The molecular weight excluding hydrogens is 318 g/mol. The van der Waals surface area contributed by atoms with E-state index in [9.17, 15) is 9.90 Å². The maximum atomic E-state index is 12.2. The fourth-order valence-electron chi connectivity index (χ4n) is 2.93. The Morgan fingerprint density at radius 2 is 2.00 bits per heavy atom. The van der Waals surface area contributed by atoms with Crippen molar-refractivity contribution in [1.29, 1.82) is 0 Å². The first-order valence-corrected chi connectivity index (χ1v) is 8.46. The standard InChI is InChI=1S/C19H23N3O3/c23-14-19(25)10-12-22(13-19)18(24)21-17-8-5-15(6-9-17)4-7-16-3-1-2-11-20-16/h1-3,5-6,8-9,11,23,25H,4,7,10,12-14H2,(H,21,24)/t19-/m0/s1. The van der Waals surface area contributed by atoms with E-state index in [4.69, 9.17) is 5.11 Å². The van der Waals surface area contributed by atoms with Crippen LogP contribution in [0.5, 0.6) is 0 Å². The maximum absolute atomic E-state index is 12.2. The number of aromatic nitrogens is 1. The number of carbonyl (C=O) groups is 1. The summed E-state index contributed by atoms with van der Waals surface area (Å²) in [5.74, 6) is 0. The Bertz CT molecular complexity index is 706. The third-order valence-electron chi connectivity index (χ3n) is 4.51. The number of anilines is 1. The first-order chi connectivity index (χ1) is 12.1. The molecule has 0 radical (unpaired) electrons. The number of aryl methyl sites for hydroxylation is 2. The molecule has 1 aromatic carbocycles. The number of pyridine rings is 1. The number of carbonyl (C=O) groups excluding carboxylic acids is 1. The van der Waals surface area contributed by atoms with Gasteiger partial charge in [0.1, 0.15) is 5.60 Å². The highest BCUT2D eigenvalue weighted by Gasteiger charge is 2.37. The van der Waals surface area contributed by atoms with Gasteiger partial charge in [-0.15, -0.1) is 0 Å². The van der Waals surface area contributed by atoms with Crippen LogP contribution in [0.2, 0.25) is 0 Å². The molecule has 3 N–H and O–H groups in total. The molecule has 132 valence electrons. The molecule has 6 heteroatoms. The number of benzene rings is 1. The second-order valence-electron chi connectivity index (χ2n) is 6.50. The molecule has 0 unspecified atom stereocenters. The number of hydrogen-bond acceptors (Lipinski definition) is 4. The van der Waals surface area contributed by atoms with Gasteiger partial charge in [0.05, 0.1) is 13.2 Å². The van der Waals surface area contributed by atoms with Crippen molar-refractivity contribution in [3.05, 3.63) is 59.9 Å². The van der Waals surface area contributed by atoms with E-state index in [0.29, 0.717) is 18.7 Å². The van der Waals surface area contributed by atoms with Crippen LogP contribution >= 0.6 is 0 Å². The zero-order chi connectivity index (χ0) is 17.7. The third kappa shape index (κ3) is 4.55. The molecule has 3 rings (SSSR count). The summed E-state index contributed by atoms with van der Waals surface area (Å²) in [5.41, 5.74) is 1.78. The van der Waals surface area contributed by atoms with Gasteiger partial charge in [0, 0.05) is 24.1 Å². The average Bonchev–Trinajstić information content (AvgIpc) is 3.05. The van der Waals surface area contributed by atoms with Gasteiger partial charge in [0.2, 0.25) is 0 Å². The van der Waals surface area contributed by atoms with Crippen LogP contribution in [0.1, 0.15) is 17.7 Å². The molecule has 1 atom stereocenters. The molecule has 0 saturated carbocycles. The maximum Gasteiger partial charge on any atom is 0.321 e. The molecule has 1 aliphatic rings. The normalized spacial score (nSPS) is 19.8. The van der Waals surface area contributed by atoms with Gasteiger partial charge in [-0.05, 0) is 49.1 Å². The van der Waals surface area contributed by atoms with Crippen molar-refractivity contribution in [3.8, 4) is 0 Å². The number of nitrogens with zero attached hydrogens (tertiary/aromatic N) is 2. The minimum Gasteiger partial charge on any atom is -0.393 e. The second-order valence-corrected chi connectivity index (χ2v) is 6.50. The van der Waals surface area contributed by atoms with E-state index in [1.165, 1.54) is 10.5 Å². The number of likely N-dealkylation sites (tertiary alicyclic amines) is 1. The van der Waals surface area contributed by atoms with Crippen molar-refractivity contribution in [1.82, 2.24) is 9.88 Å². The van der Waals surface area contributed by atoms with Crippen molar-refractivity contribution in [2.45, 2.75) is 24.9 Å². The molecule has 0 bridgehead atoms. The van der Waals surface area contributed by atoms with Crippen molar-refractivity contribution in [2.75, 3.05) is 25.0 Å². The Hall–Kier alpha value is -2.44. The third-order valence-corrected chi connectivity index (χ3v) is 4.51. The van der Waals surface area contributed by atoms with Crippen LogP contribution < -0.4 is 5.32 Å². The van der Waals surface area contributed by atoms with Crippen molar-refractivity contribution in [2.24, 2.45) is 0 Å². The van der Waals surface area contributed by atoms with Gasteiger partial charge in [0.25, 0.3) is 0 Å². The molecule has 2 heterocycles. The van der Waals surface area contributed by atoms with E-state index in [1.807, 2.05) is 42.5 Å². The van der Waals surface area contributed by atoms with Gasteiger partial charge in [-0.1, -0.05) is 18.2 Å². The molecule has 25 heavy (non-hydrogen) atoms. The van der Waals surface area contributed by atoms with Crippen LogP contribution in [0.3, 0.4) is 0 Å². The summed E-state index contributed by atoms with van der Waals surface area (Å²) in [7, 11) is 0. The van der Waals surface area contributed by atoms with Crippen molar-refractivity contribution < 1.29 is 15.0 Å². The number of β-amino-alcohol motifs (C(OH)–C–C–N with tert-alkyl or cyclic N) is 1. The molecule has 1 saturated heterocycles. The molecule has 1 aromatic heterocycles. The van der Waals surface area contributed by atoms with E-state index < -0.39 is 5.60 Å². The molecule has 0 spiro atoms. The minimum atomic E-state index is -1.17. The van der Waals surface area contributed by atoms with Gasteiger partial charge < -0.3 is 20.4 Å². The van der Waals surface area contributed by atoms with Crippen LogP contribution in [-0.4, -0.2) is 51.4 Å². The number of aliphatic hydroxyl groups excluding tert-OH is 1. The lowest BCUT2D eigenvalue weighted by Gasteiger charge is -2.21. The number of amides is 2. The highest BCUT2D eigenvalue weighted by atomic mass is 16.3. The minimum absolute atomic E-state index is 0.150. The highest BCUT2D eigenvalue weighted by Crippen LogP contribution is 2.21. The quantitative estimate of drug-likeness (QED) is 0.774. The Kier molecular flexibility index (Phi) is 5.31. The zero-order valence-corrected chi connectivity index (χ0v) is 14.1. The average molecular weight is 341 g/mol. The largest absolute Gasteiger partial charge is 0.393 e. The molecule has 2 amide bonds. The van der Waals surface area contributed by atoms with Gasteiger partial charge in [-0.25, -0.2) is 4.79 Å². The SMILES string of the molecule is O=C(Nc1ccc(CCc2ccccn2)cc1)N1CC[C@@](O)(CO)C1. The van der Waals surface area contributed by atoms with Gasteiger partial charge in [-0.3, -0.25) is 4.98 Å². The lowest BCUT2D eigenvalue weighted by molar-refractivity contribution is -0.00246. The monoisotopic (exact) mass is 341 g/mol. The second kappa shape index (κ2) is 7.63. The van der Waals surface area contributed by atoms with Crippen LogP contribution in [0, 0.1) is 0 Å². The van der Waals surface area contributed by atoms with E-state index in [-0.39, 0.29) is 19.2 Å². The van der Waals surface area contributed by atoms with Crippen molar-refractivity contribution in [3.63, 3.8) is 0 Å². The van der Waals surface area contributed by atoms with E-state index >= 15 is 0 Å². The Labute approximate surface area is 147 Å². The first-order valence-electron chi connectivity index (χ1n) is 8.46. The summed E-state index contributed by atoms with van der Waals surface area (Å²) in [5, 5.41) is 22.0. The number of aliphatic hydroxyl groups is 2. The van der Waals surface area contributed by atoms with E-state index in [1.54, 1.807) is 6.20 Å². The van der Waals surface area contributed by atoms with E-state index in [2.05, 4.69) is 10.3 Å². The van der Waals surface area contributed by atoms with Crippen LogP contribution in [0.25, 0.3) is 0 Å². The number of hydrogen-bond donors (Lipinski definition) is 3. The lowest BCUT2D eigenvalue weighted by atomic mass is 10.1. The summed E-state index contributed by atoms with van der Waals surface area (Å²) in [4.78, 5) is 18.1. The molecule has 2 aromatic rings. The van der Waals surface area contributed by atoms with Crippen LogP contribution in [-0.2, 0) is 12.8 Å². The lowest BCUT2D eigenvalue weighted by Crippen LogP contribution is -2.40. The molecular formula is C19H23N3O3. The van der Waals surface area contributed by atoms with Gasteiger partial charge in [-0.2, -0.15) is 0 Å². The molecule has 6 nitrogen and oxygen atoms in total. The van der Waals surface area contributed by atoms with E-state index in [0.717, 1.165) is 18.5 Å². The Morgan fingerprint density at radius 1 is 1.20 bits per heavy atom. The van der Waals surface area contributed by atoms with Crippen LogP contribution in [0.4, 0.5) is 10.5 Å². The van der Waals surface area contributed by atoms with Crippen LogP contribution in [0.15, 0.2) is 48.7 Å². The summed E-state index contributed by atoms with van der Waals surface area (Å²) in [6.07, 6.45) is 3.95. The fourth-order valence-corrected chi connectivity index (χ4v) is 2.93. The summed E-state index contributed by atoms with van der Waals surface area (Å²) in [6.45, 7) is 0.254. The molecule has 0 aliphatic carbocycles. The smallest absolute Gasteiger partial charge is 0.321 e. The summed E-state index contributed by atoms with van der Waals surface area (Å²) >= 11 is 0. The topological polar surface area (TPSA) is 85.7 Å². The molecule has 1 fully saturated rings. The summed E-state index contributed by atoms with van der Waals surface area (Å²) in [6, 6.07) is 13.4. The number of rotatable bonds is 5. The molecule has 1 aliphatic heterocycles. The Morgan fingerprint density at radius 3 is 2.64 bits per heavy atom. The predicted octanol–water partition coefficient (Wildman–Crippen LogP) is 1.83.